The molecule has 0 unspecified atom stereocenters. The molecule has 2 N–H and O–H groups in total. The van der Waals surface area contributed by atoms with Gasteiger partial charge in [-0.2, -0.15) is 4.72 Å². The summed E-state index contributed by atoms with van der Waals surface area (Å²) in [5.74, 6) is -1.16. The van der Waals surface area contributed by atoms with Crippen LogP contribution in [0.3, 0.4) is 0 Å². The van der Waals surface area contributed by atoms with Crippen molar-refractivity contribution in [3.63, 3.8) is 0 Å². The summed E-state index contributed by atoms with van der Waals surface area (Å²) in [6.45, 7) is 5.28. The van der Waals surface area contributed by atoms with Crippen LogP contribution in [0.15, 0.2) is 29.2 Å². The van der Waals surface area contributed by atoms with Crippen molar-refractivity contribution in [2.24, 2.45) is 0 Å². The number of carboxylic acids is 1. The van der Waals surface area contributed by atoms with Crippen LogP contribution >= 0.6 is 0 Å². The Morgan fingerprint density at radius 3 is 2.00 bits per heavy atom. The second-order valence-corrected chi connectivity index (χ2v) is 6.38. The zero-order valence-electron chi connectivity index (χ0n) is 12.0. The molecule has 0 saturated carbocycles. The Morgan fingerprint density at radius 2 is 1.65 bits per heavy atom. The van der Waals surface area contributed by atoms with Crippen molar-refractivity contribution >= 4 is 16.0 Å². The predicted molar refractivity (Wildman–Crippen MR) is 77.1 cm³/mol. The maximum atomic E-state index is 12.3. The summed E-state index contributed by atoms with van der Waals surface area (Å²) < 4.78 is 26.9. The van der Waals surface area contributed by atoms with Crippen LogP contribution in [0.2, 0.25) is 0 Å². The highest BCUT2D eigenvalue weighted by Crippen LogP contribution is 2.20. The first-order valence-corrected chi connectivity index (χ1v) is 8.16. The second kappa shape index (κ2) is 6.37. The summed E-state index contributed by atoms with van der Waals surface area (Å²) in [6, 6.07) is 6.46. The van der Waals surface area contributed by atoms with E-state index in [1.165, 1.54) is 12.1 Å². The molecule has 0 aliphatic rings. The van der Waals surface area contributed by atoms with Gasteiger partial charge in [0.25, 0.3) is 0 Å². The van der Waals surface area contributed by atoms with Crippen molar-refractivity contribution in [1.82, 2.24) is 4.72 Å². The number of aryl methyl sites for hydroxylation is 1. The van der Waals surface area contributed by atoms with Gasteiger partial charge in [-0.1, -0.05) is 32.9 Å². The normalized spacial score (nSPS) is 12.3. The van der Waals surface area contributed by atoms with Crippen LogP contribution in [-0.2, 0) is 21.2 Å². The van der Waals surface area contributed by atoms with Crippen LogP contribution in [-0.4, -0.2) is 25.0 Å². The highest BCUT2D eigenvalue weighted by atomic mass is 32.2. The Labute approximate surface area is 120 Å². The van der Waals surface area contributed by atoms with E-state index in [4.69, 9.17) is 0 Å². The van der Waals surface area contributed by atoms with Gasteiger partial charge in [0.2, 0.25) is 10.0 Å². The standard InChI is InChI=1S/C14H21NO4S/c1-4-11-7-9-12(10-8-11)20(18,19)15-14(5-2,6-3)13(16)17/h7-10,15H,4-6H2,1-3H3,(H,16,17). The maximum absolute atomic E-state index is 12.3. The minimum Gasteiger partial charge on any atom is -0.480 e. The van der Waals surface area contributed by atoms with Crippen LogP contribution in [0, 0.1) is 0 Å². The van der Waals surface area contributed by atoms with E-state index < -0.39 is 21.5 Å². The zero-order chi connectivity index (χ0) is 15.4. The highest BCUT2D eigenvalue weighted by Gasteiger charge is 2.39. The molecule has 5 nitrogen and oxygen atoms in total. The molecule has 20 heavy (non-hydrogen) atoms. The molecule has 0 spiro atoms. The van der Waals surface area contributed by atoms with E-state index in [9.17, 15) is 18.3 Å². The minimum atomic E-state index is -3.84. The van der Waals surface area contributed by atoms with Gasteiger partial charge in [0.15, 0.2) is 0 Å². The SMILES string of the molecule is CCc1ccc(S(=O)(=O)NC(CC)(CC)C(=O)O)cc1. The number of carbonyl (C=O) groups is 1. The number of hydrogen-bond acceptors (Lipinski definition) is 3. The molecule has 0 aromatic heterocycles. The quantitative estimate of drug-likeness (QED) is 0.808. The van der Waals surface area contributed by atoms with Gasteiger partial charge in [0.05, 0.1) is 4.90 Å². The molecule has 0 bridgehead atoms. The largest absolute Gasteiger partial charge is 0.480 e. The van der Waals surface area contributed by atoms with E-state index in [1.807, 2.05) is 6.92 Å². The van der Waals surface area contributed by atoms with Gasteiger partial charge in [0, 0.05) is 0 Å². The van der Waals surface area contributed by atoms with E-state index in [0.717, 1.165) is 12.0 Å². The summed E-state index contributed by atoms with van der Waals surface area (Å²) >= 11 is 0. The Balaban J connectivity index is 3.12. The lowest BCUT2D eigenvalue weighted by Crippen LogP contribution is -2.53. The van der Waals surface area contributed by atoms with Crippen molar-refractivity contribution in [2.75, 3.05) is 0 Å². The fourth-order valence-corrected chi connectivity index (χ4v) is 3.46. The molecule has 112 valence electrons. The lowest BCUT2D eigenvalue weighted by atomic mass is 9.95. The molecule has 1 rings (SSSR count). The Bertz CT molecular complexity index is 559. The Morgan fingerprint density at radius 1 is 1.15 bits per heavy atom. The van der Waals surface area contributed by atoms with Crippen molar-refractivity contribution < 1.29 is 18.3 Å². The van der Waals surface area contributed by atoms with Gasteiger partial charge >= 0.3 is 5.97 Å². The molecule has 0 aliphatic heterocycles. The van der Waals surface area contributed by atoms with Crippen LogP contribution < -0.4 is 4.72 Å². The molecule has 0 atom stereocenters. The third-order valence-electron chi connectivity index (χ3n) is 3.59. The van der Waals surface area contributed by atoms with Gasteiger partial charge in [-0.05, 0) is 37.0 Å². The highest BCUT2D eigenvalue weighted by molar-refractivity contribution is 7.89. The summed E-state index contributed by atoms with van der Waals surface area (Å²) in [5.41, 5.74) is -0.429. The van der Waals surface area contributed by atoms with Crippen molar-refractivity contribution in [3.8, 4) is 0 Å². The molecular formula is C14H21NO4S. The second-order valence-electron chi connectivity index (χ2n) is 4.70. The number of rotatable bonds is 7. The topological polar surface area (TPSA) is 83.5 Å². The van der Waals surface area contributed by atoms with Gasteiger partial charge < -0.3 is 5.11 Å². The number of benzene rings is 1. The third kappa shape index (κ3) is 3.37. The monoisotopic (exact) mass is 299 g/mol. The van der Waals surface area contributed by atoms with E-state index in [1.54, 1.807) is 26.0 Å². The fourth-order valence-electron chi connectivity index (χ4n) is 1.96. The summed E-state index contributed by atoms with van der Waals surface area (Å²) in [4.78, 5) is 11.5. The molecule has 1 aromatic rings. The summed E-state index contributed by atoms with van der Waals surface area (Å²) in [5, 5.41) is 9.29. The van der Waals surface area contributed by atoms with E-state index >= 15 is 0 Å². The molecule has 0 saturated heterocycles. The van der Waals surface area contributed by atoms with E-state index in [0.29, 0.717) is 0 Å². The molecule has 0 radical (unpaired) electrons. The van der Waals surface area contributed by atoms with Gasteiger partial charge in [0.1, 0.15) is 5.54 Å². The average Bonchev–Trinajstić information content (AvgIpc) is 2.44. The molecule has 6 heteroatoms. The average molecular weight is 299 g/mol. The number of hydrogen-bond donors (Lipinski definition) is 2. The van der Waals surface area contributed by atoms with Crippen molar-refractivity contribution in [2.45, 2.75) is 50.5 Å². The number of sulfonamides is 1. The molecule has 0 heterocycles. The summed E-state index contributed by atoms with van der Waals surface area (Å²) in [6.07, 6.45) is 1.19. The van der Waals surface area contributed by atoms with Crippen LogP contribution in [0.4, 0.5) is 0 Å². The van der Waals surface area contributed by atoms with Crippen LogP contribution in [0.25, 0.3) is 0 Å². The lowest BCUT2D eigenvalue weighted by Gasteiger charge is -2.27. The molecule has 0 aliphatic carbocycles. The smallest absolute Gasteiger partial charge is 0.324 e. The van der Waals surface area contributed by atoms with Crippen molar-refractivity contribution in [3.05, 3.63) is 29.8 Å². The van der Waals surface area contributed by atoms with E-state index in [2.05, 4.69) is 4.72 Å². The maximum Gasteiger partial charge on any atom is 0.324 e. The van der Waals surface area contributed by atoms with Crippen molar-refractivity contribution in [1.29, 1.82) is 0 Å². The Hall–Kier alpha value is -1.40. The fraction of sp³-hybridized carbons (Fsp3) is 0.500. The number of nitrogens with one attached hydrogen (secondary N) is 1. The van der Waals surface area contributed by atoms with E-state index in [-0.39, 0.29) is 17.7 Å². The van der Waals surface area contributed by atoms with Crippen LogP contribution in [0.1, 0.15) is 39.2 Å². The minimum absolute atomic E-state index is 0.0854. The van der Waals surface area contributed by atoms with Crippen LogP contribution in [0.5, 0.6) is 0 Å². The molecule has 0 fully saturated rings. The molecule has 0 amide bonds. The summed E-state index contributed by atoms with van der Waals surface area (Å²) in [7, 11) is -3.84. The zero-order valence-corrected chi connectivity index (χ0v) is 12.8. The molecule has 1 aromatic carbocycles. The lowest BCUT2D eigenvalue weighted by molar-refractivity contribution is -0.144. The van der Waals surface area contributed by atoms with Gasteiger partial charge in [-0.3, -0.25) is 4.79 Å². The first-order chi connectivity index (χ1) is 9.31. The number of aliphatic carboxylic acids is 1. The number of carboxylic acid groups (broad SMARTS) is 1. The third-order valence-corrected chi connectivity index (χ3v) is 5.14. The first-order valence-electron chi connectivity index (χ1n) is 6.67. The first kappa shape index (κ1) is 16.7. The van der Waals surface area contributed by atoms with Gasteiger partial charge in [-0.25, -0.2) is 8.42 Å². The predicted octanol–water partition coefficient (Wildman–Crippen LogP) is 2.17. The Kier molecular flexibility index (Phi) is 5.30. The molecular weight excluding hydrogens is 278 g/mol. The van der Waals surface area contributed by atoms with Gasteiger partial charge in [-0.15, -0.1) is 0 Å².